The van der Waals surface area contributed by atoms with E-state index in [1.165, 1.54) is 6.92 Å². The highest BCUT2D eigenvalue weighted by molar-refractivity contribution is 6.05. The van der Waals surface area contributed by atoms with Crippen LogP contribution < -0.4 is 10.1 Å². The zero-order chi connectivity index (χ0) is 21.8. The number of methoxy groups -OCH3 is 1. The number of aromatic nitrogens is 1. The van der Waals surface area contributed by atoms with Gasteiger partial charge in [0.2, 0.25) is 5.91 Å². The molecule has 0 aliphatic carbocycles. The van der Waals surface area contributed by atoms with E-state index in [1.807, 2.05) is 60.7 Å². The molecule has 1 N–H and O–H groups in total. The Balaban J connectivity index is 1.71. The molecule has 0 saturated heterocycles. The van der Waals surface area contributed by atoms with Crippen molar-refractivity contribution >= 4 is 33.6 Å². The van der Waals surface area contributed by atoms with Gasteiger partial charge in [0.05, 0.1) is 30.4 Å². The van der Waals surface area contributed by atoms with E-state index in [0.717, 1.165) is 27.5 Å². The topological polar surface area (TPSA) is 77.5 Å². The second kappa shape index (κ2) is 8.83. The zero-order valence-electron chi connectivity index (χ0n) is 17.3. The number of fused-ring (bicyclic) bond motifs is 2. The van der Waals surface area contributed by atoms with E-state index in [0.29, 0.717) is 16.8 Å². The molecule has 4 aromatic rings. The van der Waals surface area contributed by atoms with Crippen LogP contribution in [0.15, 0.2) is 66.7 Å². The lowest BCUT2D eigenvalue weighted by Crippen LogP contribution is -2.25. The van der Waals surface area contributed by atoms with E-state index in [4.69, 9.17) is 14.5 Å². The summed E-state index contributed by atoms with van der Waals surface area (Å²) in [5.41, 5.74) is 2.74. The summed E-state index contributed by atoms with van der Waals surface area (Å²) in [5.74, 6) is 0.186. The molecular formula is C25H22N2O4. The monoisotopic (exact) mass is 414 g/mol. The first-order chi connectivity index (χ1) is 15.0. The summed E-state index contributed by atoms with van der Waals surface area (Å²) in [6.45, 7) is 1.79. The number of hydrogen-bond acceptors (Lipinski definition) is 5. The molecule has 0 atom stereocenters. The van der Waals surface area contributed by atoms with Crippen LogP contribution in [-0.4, -0.2) is 37.1 Å². The van der Waals surface area contributed by atoms with Crippen molar-refractivity contribution in [1.82, 2.24) is 10.3 Å². The maximum atomic E-state index is 12.8. The molecule has 3 aromatic carbocycles. The smallest absolute Gasteiger partial charge is 0.338 e. The van der Waals surface area contributed by atoms with Crippen molar-refractivity contribution in [2.45, 2.75) is 6.92 Å². The van der Waals surface area contributed by atoms with Gasteiger partial charge in [-0.15, -0.1) is 0 Å². The van der Waals surface area contributed by atoms with E-state index < -0.39 is 5.97 Å². The Morgan fingerprint density at radius 2 is 1.74 bits per heavy atom. The number of carbonyl (C=O) groups is 2. The Bertz CT molecular complexity index is 1280. The van der Waals surface area contributed by atoms with Crippen molar-refractivity contribution in [3.8, 4) is 17.0 Å². The molecule has 1 heterocycles. The predicted molar refractivity (Wildman–Crippen MR) is 120 cm³/mol. The summed E-state index contributed by atoms with van der Waals surface area (Å²) in [6, 6.07) is 21.1. The highest BCUT2D eigenvalue weighted by Gasteiger charge is 2.15. The quantitative estimate of drug-likeness (QED) is 0.375. The number of ether oxygens (including phenoxy) is 2. The molecule has 0 unspecified atom stereocenters. The van der Waals surface area contributed by atoms with E-state index in [-0.39, 0.29) is 19.1 Å². The van der Waals surface area contributed by atoms with Gasteiger partial charge >= 0.3 is 5.97 Å². The predicted octanol–water partition coefficient (Wildman–Crippen LogP) is 4.36. The normalized spacial score (nSPS) is 10.8. The molecule has 0 saturated carbocycles. The van der Waals surface area contributed by atoms with Crippen molar-refractivity contribution < 1.29 is 19.1 Å². The van der Waals surface area contributed by atoms with Gasteiger partial charge in [-0.25, -0.2) is 9.78 Å². The largest absolute Gasteiger partial charge is 0.497 e. The van der Waals surface area contributed by atoms with Crippen LogP contribution in [-0.2, 0) is 9.53 Å². The second-order valence-electron chi connectivity index (χ2n) is 7.12. The number of amides is 1. The van der Waals surface area contributed by atoms with Crippen LogP contribution >= 0.6 is 0 Å². The maximum Gasteiger partial charge on any atom is 0.338 e. The molecule has 6 heteroatoms. The third-order valence-electron chi connectivity index (χ3n) is 4.99. The number of pyridine rings is 1. The fourth-order valence-electron chi connectivity index (χ4n) is 3.45. The summed E-state index contributed by atoms with van der Waals surface area (Å²) >= 11 is 0. The van der Waals surface area contributed by atoms with Gasteiger partial charge in [0.1, 0.15) is 12.4 Å². The SMILES string of the molecule is COc1ccc2cc(-c3cc(C(=O)OCCNC(C)=O)c4ccccc4n3)ccc2c1. The van der Waals surface area contributed by atoms with Gasteiger partial charge in [-0.1, -0.05) is 36.4 Å². The van der Waals surface area contributed by atoms with Crippen molar-refractivity contribution in [1.29, 1.82) is 0 Å². The Hall–Kier alpha value is -3.93. The van der Waals surface area contributed by atoms with E-state index >= 15 is 0 Å². The molecule has 0 aliphatic heterocycles. The molecule has 31 heavy (non-hydrogen) atoms. The van der Waals surface area contributed by atoms with E-state index in [2.05, 4.69) is 5.32 Å². The average Bonchev–Trinajstić information content (AvgIpc) is 2.80. The highest BCUT2D eigenvalue weighted by atomic mass is 16.5. The van der Waals surface area contributed by atoms with Crippen LogP contribution in [0.4, 0.5) is 0 Å². The first kappa shape index (κ1) is 20.3. The Morgan fingerprint density at radius 1 is 0.968 bits per heavy atom. The molecule has 0 fully saturated rings. The first-order valence-corrected chi connectivity index (χ1v) is 9.94. The molecule has 0 radical (unpaired) electrons. The second-order valence-corrected chi connectivity index (χ2v) is 7.12. The van der Waals surface area contributed by atoms with E-state index in [1.54, 1.807) is 13.2 Å². The molecule has 0 aliphatic rings. The van der Waals surface area contributed by atoms with E-state index in [9.17, 15) is 9.59 Å². The fraction of sp³-hybridized carbons (Fsp3) is 0.160. The summed E-state index contributed by atoms with van der Waals surface area (Å²) in [7, 11) is 1.64. The molecule has 0 bridgehead atoms. The summed E-state index contributed by atoms with van der Waals surface area (Å²) in [6.07, 6.45) is 0. The summed E-state index contributed by atoms with van der Waals surface area (Å²) in [5, 5.41) is 5.44. The van der Waals surface area contributed by atoms with Gasteiger partial charge in [-0.05, 0) is 41.1 Å². The number of nitrogens with zero attached hydrogens (tertiary/aromatic N) is 1. The summed E-state index contributed by atoms with van der Waals surface area (Å²) in [4.78, 5) is 28.5. The van der Waals surface area contributed by atoms with Crippen molar-refractivity contribution in [3.63, 3.8) is 0 Å². The number of para-hydroxylation sites is 1. The Labute approximate surface area is 179 Å². The standard InChI is InChI=1S/C25H22N2O4/c1-16(28)26-11-12-31-25(29)22-15-24(27-23-6-4-3-5-21(22)23)19-8-7-18-14-20(30-2)10-9-17(18)13-19/h3-10,13-15H,11-12H2,1-2H3,(H,26,28). The lowest BCUT2D eigenvalue weighted by molar-refractivity contribution is -0.119. The molecule has 0 spiro atoms. The van der Waals surface area contributed by atoms with Crippen LogP contribution in [0.1, 0.15) is 17.3 Å². The van der Waals surface area contributed by atoms with Gasteiger partial charge < -0.3 is 14.8 Å². The Kier molecular flexibility index (Phi) is 5.80. The molecular weight excluding hydrogens is 392 g/mol. The number of carbonyl (C=O) groups excluding carboxylic acids is 2. The zero-order valence-corrected chi connectivity index (χ0v) is 17.3. The third kappa shape index (κ3) is 4.48. The van der Waals surface area contributed by atoms with Crippen molar-refractivity contribution in [2.75, 3.05) is 20.3 Å². The minimum atomic E-state index is -0.448. The van der Waals surface area contributed by atoms with Gasteiger partial charge in [0.25, 0.3) is 0 Å². The maximum absolute atomic E-state index is 12.8. The van der Waals surface area contributed by atoms with Crippen molar-refractivity contribution in [3.05, 3.63) is 72.3 Å². The van der Waals surface area contributed by atoms with Gasteiger partial charge in [-0.3, -0.25) is 4.79 Å². The number of nitrogens with one attached hydrogen (secondary N) is 1. The molecule has 4 rings (SSSR count). The van der Waals surface area contributed by atoms with Crippen LogP contribution in [0.3, 0.4) is 0 Å². The summed E-state index contributed by atoms with van der Waals surface area (Å²) < 4.78 is 10.7. The number of rotatable bonds is 6. The van der Waals surface area contributed by atoms with Gasteiger partial charge in [0, 0.05) is 17.9 Å². The van der Waals surface area contributed by atoms with Crippen LogP contribution in [0.25, 0.3) is 32.9 Å². The molecule has 6 nitrogen and oxygen atoms in total. The number of hydrogen-bond donors (Lipinski definition) is 1. The third-order valence-corrected chi connectivity index (χ3v) is 4.99. The van der Waals surface area contributed by atoms with Crippen LogP contribution in [0, 0.1) is 0 Å². The lowest BCUT2D eigenvalue weighted by atomic mass is 10.0. The van der Waals surface area contributed by atoms with Crippen molar-refractivity contribution in [2.24, 2.45) is 0 Å². The number of benzene rings is 3. The first-order valence-electron chi connectivity index (χ1n) is 9.94. The molecule has 1 amide bonds. The lowest BCUT2D eigenvalue weighted by Gasteiger charge is -2.11. The molecule has 156 valence electrons. The molecule has 1 aromatic heterocycles. The minimum absolute atomic E-state index is 0.0994. The number of esters is 1. The fourth-order valence-corrected chi connectivity index (χ4v) is 3.45. The van der Waals surface area contributed by atoms with Crippen LogP contribution in [0.2, 0.25) is 0 Å². The minimum Gasteiger partial charge on any atom is -0.497 e. The highest BCUT2D eigenvalue weighted by Crippen LogP contribution is 2.29. The van der Waals surface area contributed by atoms with Gasteiger partial charge in [0.15, 0.2) is 0 Å². The van der Waals surface area contributed by atoms with Gasteiger partial charge in [-0.2, -0.15) is 0 Å². The Morgan fingerprint density at radius 3 is 2.55 bits per heavy atom. The van der Waals surface area contributed by atoms with Crippen LogP contribution in [0.5, 0.6) is 5.75 Å². The average molecular weight is 414 g/mol.